The Balaban J connectivity index is 2.01. The molecule has 0 radical (unpaired) electrons. The summed E-state index contributed by atoms with van der Waals surface area (Å²) in [5.74, 6) is 0.124. The summed E-state index contributed by atoms with van der Waals surface area (Å²) >= 11 is 1.35. The molecule has 0 aliphatic rings. The van der Waals surface area contributed by atoms with Crippen molar-refractivity contribution in [1.29, 1.82) is 0 Å². The van der Waals surface area contributed by atoms with Crippen LogP contribution in [0.25, 0.3) is 0 Å². The highest BCUT2D eigenvalue weighted by molar-refractivity contribution is 7.99. The number of anilines is 1. The normalized spacial score (nSPS) is 12.3. The van der Waals surface area contributed by atoms with Crippen molar-refractivity contribution >= 4 is 17.4 Å². The van der Waals surface area contributed by atoms with Gasteiger partial charge in [0.15, 0.2) is 0 Å². The van der Waals surface area contributed by atoms with E-state index >= 15 is 0 Å². The second-order valence-electron chi connectivity index (χ2n) is 3.92. The van der Waals surface area contributed by atoms with E-state index in [2.05, 4.69) is 0 Å². The van der Waals surface area contributed by atoms with Crippen molar-refractivity contribution in [2.75, 3.05) is 11.5 Å². The molecule has 2 rings (SSSR count). The predicted octanol–water partition coefficient (Wildman–Crippen LogP) is 3.23. The van der Waals surface area contributed by atoms with E-state index in [4.69, 9.17) is 5.73 Å². The first kappa shape index (κ1) is 12.9. The van der Waals surface area contributed by atoms with Crippen LogP contribution in [0.1, 0.15) is 11.7 Å². The molecule has 1 unspecified atom stereocenters. The van der Waals surface area contributed by atoms with Crippen LogP contribution in [0.5, 0.6) is 0 Å². The van der Waals surface area contributed by atoms with Gasteiger partial charge in [-0.25, -0.2) is 4.39 Å². The monoisotopic (exact) mass is 263 g/mol. The van der Waals surface area contributed by atoms with Crippen LogP contribution in [0.15, 0.2) is 53.4 Å². The van der Waals surface area contributed by atoms with Crippen LogP contribution < -0.4 is 5.73 Å². The Morgan fingerprint density at radius 3 is 2.61 bits per heavy atom. The largest absolute Gasteiger partial charge is 0.398 e. The van der Waals surface area contributed by atoms with Gasteiger partial charge in [0, 0.05) is 16.3 Å². The summed E-state index contributed by atoms with van der Waals surface area (Å²) in [4.78, 5) is 0.657. The minimum absolute atomic E-state index is 0.319. The predicted molar refractivity (Wildman–Crippen MR) is 72.9 cm³/mol. The first-order valence-electron chi connectivity index (χ1n) is 5.57. The van der Waals surface area contributed by atoms with Gasteiger partial charge in [-0.05, 0) is 23.8 Å². The summed E-state index contributed by atoms with van der Waals surface area (Å²) in [5, 5.41) is 9.99. The molecule has 0 saturated heterocycles. The van der Waals surface area contributed by atoms with Crippen molar-refractivity contribution in [3.63, 3.8) is 0 Å². The molecule has 0 aromatic heterocycles. The van der Waals surface area contributed by atoms with Crippen molar-refractivity contribution in [2.24, 2.45) is 0 Å². The molecule has 0 bridgehead atoms. The maximum atomic E-state index is 13.1. The molecule has 0 aliphatic carbocycles. The molecule has 0 saturated carbocycles. The summed E-state index contributed by atoms with van der Waals surface area (Å²) in [6.07, 6.45) is -0.584. The van der Waals surface area contributed by atoms with Crippen LogP contribution in [0, 0.1) is 5.82 Å². The zero-order valence-electron chi connectivity index (χ0n) is 9.71. The maximum absolute atomic E-state index is 13.1. The molecular weight excluding hydrogens is 249 g/mol. The van der Waals surface area contributed by atoms with Gasteiger partial charge in [-0.2, -0.15) is 0 Å². The van der Waals surface area contributed by atoms with Crippen LogP contribution in [0.2, 0.25) is 0 Å². The maximum Gasteiger partial charge on any atom is 0.124 e. The number of thioether (sulfide) groups is 1. The van der Waals surface area contributed by atoms with Gasteiger partial charge in [0.1, 0.15) is 5.82 Å². The fourth-order valence-electron chi connectivity index (χ4n) is 1.57. The number of aliphatic hydroxyl groups excluding tert-OH is 1. The van der Waals surface area contributed by atoms with Crippen molar-refractivity contribution < 1.29 is 9.50 Å². The lowest BCUT2D eigenvalue weighted by Gasteiger charge is -2.11. The van der Waals surface area contributed by atoms with E-state index in [1.807, 2.05) is 30.3 Å². The van der Waals surface area contributed by atoms with Crippen LogP contribution in [-0.2, 0) is 0 Å². The number of hydrogen-bond donors (Lipinski definition) is 2. The summed E-state index contributed by atoms with van der Waals surface area (Å²) in [5.41, 5.74) is 7.12. The molecule has 94 valence electrons. The molecule has 1 atom stereocenters. The number of aliphatic hydroxyl groups is 1. The Labute approximate surface area is 110 Å². The number of benzene rings is 2. The number of hydrogen-bond acceptors (Lipinski definition) is 3. The lowest BCUT2D eigenvalue weighted by atomic mass is 10.1. The minimum atomic E-state index is -0.584. The van der Waals surface area contributed by atoms with E-state index in [9.17, 15) is 9.50 Å². The van der Waals surface area contributed by atoms with Gasteiger partial charge in [-0.15, -0.1) is 11.8 Å². The van der Waals surface area contributed by atoms with Crippen molar-refractivity contribution in [3.8, 4) is 0 Å². The SMILES string of the molecule is Nc1ccc(F)cc1SCC(O)c1ccccc1. The third-order valence-corrected chi connectivity index (χ3v) is 3.70. The number of halogens is 1. The topological polar surface area (TPSA) is 46.2 Å². The number of nitrogen functional groups attached to an aromatic ring is 1. The standard InChI is InChI=1S/C14H14FNOS/c15-11-6-7-12(16)14(8-11)18-9-13(17)10-4-2-1-3-5-10/h1-8,13,17H,9,16H2. The molecule has 0 spiro atoms. The van der Waals surface area contributed by atoms with Gasteiger partial charge in [0.05, 0.1) is 6.10 Å². The molecule has 2 aromatic rings. The average Bonchev–Trinajstić information content (AvgIpc) is 2.40. The summed E-state index contributed by atoms with van der Waals surface area (Å²) in [6, 6.07) is 13.6. The summed E-state index contributed by atoms with van der Waals surface area (Å²) in [7, 11) is 0. The molecule has 0 heterocycles. The molecule has 4 heteroatoms. The van der Waals surface area contributed by atoms with Crippen LogP contribution in [-0.4, -0.2) is 10.9 Å². The molecule has 0 aliphatic heterocycles. The third-order valence-electron chi connectivity index (χ3n) is 2.56. The molecule has 0 amide bonds. The molecule has 3 N–H and O–H groups in total. The molecule has 0 fully saturated rings. The molecule has 18 heavy (non-hydrogen) atoms. The van der Waals surface area contributed by atoms with Crippen LogP contribution in [0.3, 0.4) is 0 Å². The lowest BCUT2D eigenvalue weighted by molar-refractivity contribution is 0.204. The third kappa shape index (κ3) is 3.24. The Bertz CT molecular complexity index is 518. The number of nitrogens with two attached hydrogens (primary N) is 1. The second-order valence-corrected chi connectivity index (χ2v) is 4.98. The molecule has 2 aromatic carbocycles. The Morgan fingerprint density at radius 1 is 1.17 bits per heavy atom. The lowest BCUT2D eigenvalue weighted by Crippen LogP contribution is -2.01. The van der Waals surface area contributed by atoms with Gasteiger partial charge < -0.3 is 10.8 Å². The van der Waals surface area contributed by atoms with Gasteiger partial charge >= 0.3 is 0 Å². The van der Waals surface area contributed by atoms with E-state index in [1.54, 1.807) is 0 Å². The van der Waals surface area contributed by atoms with Gasteiger partial charge in [-0.1, -0.05) is 30.3 Å². The number of rotatable bonds is 4. The van der Waals surface area contributed by atoms with Crippen molar-refractivity contribution in [3.05, 3.63) is 59.9 Å². The fraction of sp³-hybridized carbons (Fsp3) is 0.143. The van der Waals surface area contributed by atoms with Crippen molar-refractivity contribution in [1.82, 2.24) is 0 Å². The van der Waals surface area contributed by atoms with E-state index in [0.717, 1.165) is 5.56 Å². The second kappa shape index (κ2) is 5.89. The summed E-state index contributed by atoms with van der Waals surface area (Å²) in [6.45, 7) is 0. The highest BCUT2D eigenvalue weighted by Gasteiger charge is 2.09. The van der Waals surface area contributed by atoms with Crippen LogP contribution >= 0.6 is 11.8 Å². The van der Waals surface area contributed by atoms with E-state index < -0.39 is 6.10 Å². The fourth-order valence-corrected chi connectivity index (χ4v) is 2.53. The van der Waals surface area contributed by atoms with Gasteiger partial charge in [0.2, 0.25) is 0 Å². The minimum Gasteiger partial charge on any atom is -0.398 e. The van der Waals surface area contributed by atoms with E-state index in [1.165, 1.54) is 30.0 Å². The van der Waals surface area contributed by atoms with E-state index in [-0.39, 0.29) is 5.82 Å². The highest BCUT2D eigenvalue weighted by atomic mass is 32.2. The van der Waals surface area contributed by atoms with E-state index in [0.29, 0.717) is 16.3 Å². The summed E-state index contributed by atoms with van der Waals surface area (Å²) < 4.78 is 13.1. The Kier molecular flexibility index (Phi) is 4.23. The van der Waals surface area contributed by atoms with Gasteiger partial charge in [0.25, 0.3) is 0 Å². The Hall–Kier alpha value is -1.52. The smallest absolute Gasteiger partial charge is 0.124 e. The van der Waals surface area contributed by atoms with Crippen LogP contribution in [0.4, 0.5) is 10.1 Å². The quantitative estimate of drug-likeness (QED) is 0.657. The highest BCUT2D eigenvalue weighted by Crippen LogP contribution is 2.29. The first-order valence-corrected chi connectivity index (χ1v) is 6.56. The first-order chi connectivity index (χ1) is 8.66. The zero-order chi connectivity index (χ0) is 13.0. The average molecular weight is 263 g/mol. The van der Waals surface area contributed by atoms with Gasteiger partial charge in [-0.3, -0.25) is 0 Å². The zero-order valence-corrected chi connectivity index (χ0v) is 10.5. The van der Waals surface area contributed by atoms with Crippen molar-refractivity contribution in [2.45, 2.75) is 11.0 Å². The molecule has 2 nitrogen and oxygen atoms in total. The molecular formula is C14H14FNOS. The Morgan fingerprint density at radius 2 is 1.89 bits per heavy atom.